The van der Waals surface area contributed by atoms with E-state index < -0.39 is 0 Å². The second-order valence-corrected chi connectivity index (χ2v) is 8.19. The Morgan fingerprint density at radius 1 is 0.852 bits per heavy atom. The molecule has 0 spiro atoms. The Morgan fingerprint density at radius 2 is 1.48 bits per heavy atom. The van der Waals surface area contributed by atoms with Gasteiger partial charge in [-0.1, -0.05) is 72.1 Å². The minimum absolute atomic E-state index is 0.109. The first-order chi connectivity index (χ1) is 13.1. The maximum atomic E-state index is 12.4. The summed E-state index contributed by atoms with van der Waals surface area (Å²) in [4.78, 5) is 24.8. The average molecular weight is 383 g/mol. The van der Waals surface area contributed by atoms with Crippen molar-refractivity contribution in [1.82, 2.24) is 0 Å². The van der Waals surface area contributed by atoms with Gasteiger partial charge in [-0.05, 0) is 38.0 Å². The first kappa shape index (κ1) is 24.0. The average Bonchev–Trinajstić information content (AvgIpc) is 2.70. The number of unbranched alkanes of at least 4 members (excludes halogenated alkanes) is 5. The van der Waals surface area contributed by atoms with Crippen molar-refractivity contribution in [3.8, 4) is 0 Å². The van der Waals surface area contributed by atoms with E-state index in [1.807, 2.05) is 0 Å². The quantitative estimate of drug-likeness (QED) is 0.270. The zero-order valence-electron chi connectivity index (χ0n) is 18.0. The van der Waals surface area contributed by atoms with Crippen LogP contribution < -0.4 is 0 Å². The highest BCUT2D eigenvalue weighted by Gasteiger charge is 2.33. The first-order valence-electron chi connectivity index (χ1n) is 11.5. The lowest BCUT2D eigenvalue weighted by Gasteiger charge is -2.27. The third kappa shape index (κ3) is 10.2. The zero-order valence-corrected chi connectivity index (χ0v) is 18.0. The molecule has 1 fully saturated rings. The summed E-state index contributed by atoms with van der Waals surface area (Å²) in [6.07, 6.45) is 13.5. The van der Waals surface area contributed by atoms with E-state index in [4.69, 9.17) is 9.47 Å². The number of hydrogen-bond acceptors (Lipinski definition) is 4. The molecule has 0 heterocycles. The molecule has 1 rings (SSSR count). The van der Waals surface area contributed by atoms with Crippen LogP contribution >= 0.6 is 0 Å². The Kier molecular flexibility index (Phi) is 13.3. The van der Waals surface area contributed by atoms with E-state index in [2.05, 4.69) is 20.8 Å². The molecule has 4 nitrogen and oxygen atoms in total. The number of carbonyl (C=O) groups is 2. The lowest BCUT2D eigenvalue weighted by molar-refractivity contribution is -0.156. The number of rotatable bonds is 14. The van der Waals surface area contributed by atoms with Crippen molar-refractivity contribution in [3.05, 3.63) is 0 Å². The van der Waals surface area contributed by atoms with Gasteiger partial charge in [-0.25, -0.2) is 0 Å². The van der Waals surface area contributed by atoms with Crippen molar-refractivity contribution < 1.29 is 19.1 Å². The largest absolute Gasteiger partial charge is 0.465 e. The predicted molar refractivity (Wildman–Crippen MR) is 109 cm³/mol. The van der Waals surface area contributed by atoms with Gasteiger partial charge < -0.3 is 9.47 Å². The van der Waals surface area contributed by atoms with E-state index in [-0.39, 0.29) is 23.8 Å². The first-order valence-corrected chi connectivity index (χ1v) is 11.5. The maximum Gasteiger partial charge on any atom is 0.308 e. The summed E-state index contributed by atoms with van der Waals surface area (Å²) in [7, 11) is 0. The molecule has 0 aromatic heterocycles. The molecular formula is C23H42O4. The van der Waals surface area contributed by atoms with Crippen LogP contribution in [0.4, 0.5) is 0 Å². The lowest BCUT2D eigenvalue weighted by atomic mass is 9.81. The van der Waals surface area contributed by atoms with Crippen molar-refractivity contribution in [2.24, 2.45) is 17.8 Å². The topological polar surface area (TPSA) is 52.6 Å². The van der Waals surface area contributed by atoms with Crippen LogP contribution in [0.3, 0.4) is 0 Å². The van der Waals surface area contributed by atoms with Gasteiger partial charge >= 0.3 is 11.9 Å². The van der Waals surface area contributed by atoms with Crippen LogP contribution in [0.15, 0.2) is 0 Å². The smallest absolute Gasteiger partial charge is 0.308 e. The highest BCUT2D eigenvalue weighted by atomic mass is 16.5. The molecule has 1 aliphatic rings. The number of esters is 2. The third-order valence-electron chi connectivity index (χ3n) is 5.84. The summed E-state index contributed by atoms with van der Waals surface area (Å²) < 4.78 is 11.1. The molecular weight excluding hydrogens is 340 g/mol. The van der Waals surface area contributed by atoms with Gasteiger partial charge in [0.05, 0.1) is 25.0 Å². The van der Waals surface area contributed by atoms with Gasteiger partial charge in [0.1, 0.15) is 0 Å². The van der Waals surface area contributed by atoms with Gasteiger partial charge in [-0.2, -0.15) is 0 Å². The van der Waals surface area contributed by atoms with Crippen LogP contribution in [-0.4, -0.2) is 25.2 Å². The number of hydrogen-bond donors (Lipinski definition) is 0. The SMILES string of the molecule is CCCCCCCOC(=O)C1CCCC(C(=O)OCC(CC)CCCC)C1. The van der Waals surface area contributed by atoms with Gasteiger partial charge in [0.15, 0.2) is 0 Å². The fourth-order valence-corrected chi connectivity index (χ4v) is 3.83. The standard InChI is InChI=1S/C23H42O4/c1-4-7-9-10-11-16-26-22(24)20-14-12-15-21(17-20)23(25)27-18-19(6-3)13-8-5-2/h19-21H,4-18H2,1-3H3. The summed E-state index contributed by atoms with van der Waals surface area (Å²) in [5.41, 5.74) is 0. The third-order valence-corrected chi connectivity index (χ3v) is 5.84. The summed E-state index contributed by atoms with van der Waals surface area (Å²) in [6.45, 7) is 7.58. The number of ether oxygens (including phenoxy) is 2. The molecule has 0 aliphatic heterocycles. The van der Waals surface area contributed by atoms with E-state index in [1.54, 1.807) is 0 Å². The van der Waals surface area contributed by atoms with E-state index in [1.165, 1.54) is 32.1 Å². The fraction of sp³-hybridized carbons (Fsp3) is 0.913. The molecule has 1 saturated carbocycles. The molecule has 0 amide bonds. The molecule has 0 N–H and O–H groups in total. The molecule has 3 unspecified atom stereocenters. The van der Waals surface area contributed by atoms with Gasteiger partial charge in [0.2, 0.25) is 0 Å². The minimum Gasteiger partial charge on any atom is -0.465 e. The monoisotopic (exact) mass is 382 g/mol. The molecule has 0 radical (unpaired) electrons. The summed E-state index contributed by atoms with van der Waals surface area (Å²) in [5.74, 6) is -0.0242. The second kappa shape index (κ2) is 14.9. The van der Waals surface area contributed by atoms with Gasteiger partial charge in [-0.15, -0.1) is 0 Å². The van der Waals surface area contributed by atoms with E-state index in [0.29, 0.717) is 25.6 Å². The Hall–Kier alpha value is -1.06. The second-order valence-electron chi connectivity index (χ2n) is 8.19. The van der Waals surface area contributed by atoms with Crippen molar-refractivity contribution in [2.45, 2.75) is 104 Å². The van der Waals surface area contributed by atoms with Crippen molar-refractivity contribution >= 4 is 11.9 Å². The summed E-state index contributed by atoms with van der Waals surface area (Å²) in [6, 6.07) is 0. The Labute approximate surface area is 166 Å². The van der Waals surface area contributed by atoms with E-state index in [9.17, 15) is 9.59 Å². The van der Waals surface area contributed by atoms with Crippen molar-refractivity contribution in [1.29, 1.82) is 0 Å². The van der Waals surface area contributed by atoms with Crippen LogP contribution in [0, 0.1) is 17.8 Å². The van der Waals surface area contributed by atoms with E-state index in [0.717, 1.165) is 44.9 Å². The molecule has 3 atom stereocenters. The maximum absolute atomic E-state index is 12.4. The van der Waals surface area contributed by atoms with Gasteiger partial charge in [0, 0.05) is 0 Å². The molecule has 1 aliphatic carbocycles. The molecule has 158 valence electrons. The predicted octanol–water partition coefficient (Wildman–Crippen LogP) is 6.07. The fourth-order valence-electron chi connectivity index (χ4n) is 3.83. The van der Waals surface area contributed by atoms with Crippen LogP contribution in [0.5, 0.6) is 0 Å². The van der Waals surface area contributed by atoms with Gasteiger partial charge in [-0.3, -0.25) is 9.59 Å². The molecule has 4 heteroatoms. The molecule has 0 aromatic rings. The number of carbonyl (C=O) groups excluding carboxylic acids is 2. The molecule has 27 heavy (non-hydrogen) atoms. The van der Waals surface area contributed by atoms with Gasteiger partial charge in [0.25, 0.3) is 0 Å². The lowest BCUT2D eigenvalue weighted by Crippen LogP contribution is -2.30. The van der Waals surface area contributed by atoms with Crippen LogP contribution in [0.1, 0.15) is 104 Å². The molecule has 0 bridgehead atoms. The highest BCUT2D eigenvalue weighted by molar-refractivity contribution is 5.76. The molecule has 0 saturated heterocycles. The van der Waals surface area contributed by atoms with Crippen molar-refractivity contribution in [2.75, 3.05) is 13.2 Å². The normalized spacial score (nSPS) is 20.9. The Bertz CT molecular complexity index is 407. The summed E-state index contributed by atoms with van der Waals surface area (Å²) in [5, 5.41) is 0. The summed E-state index contributed by atoms with van der Waals surface area (Å²) >= 11 is 0. The molecule has 0 aromatic carbocycles. The zero-order chi connectivity index (χ0) is 19.9. The van der Waals surface area contributed by atoms with Crippen LogP contribution in [-0.2, 0) is 19.1 Å². The van der Waals surface area contributed by atoms with E-state index >= 15 is 0 Å². The Morgan fingerprint density at radius 3 is 2.11 bits per heavy atom. The van der Waals surface area contributed by atoms with Crippen LogP contribution in [0.25, 0.3) is 0 Å². The highest BCUT2D eigenvalue weighted by Crippen LogP contribution is 2.31. The van der Waals surface area contributed by atoms with Crippen molar-refractivity contribution in [3.63, 3.8) is 0 Å². The minimum atomic E-state index is -0.135. The Balaban J connectivity index is 2.29. The van der Waals surface area contributed by atoms with Crippen LogP contribution in [0.2, 0.25) is 0 Å².